The van der Waals surface area contributed by atoms with Crippen LogP contribution in [0, 0.1) is 5.92 Å². The summed E-state index contributed by atoms with van der Waals surface area (Å²) in [5.74, 6) is 0.138. The van der Waals surface area contributed by atoms with E-state index in [2.05, 4.69) is 4.98 Å². The molecule has 0 N–H and O–H groups in total. The van der Waals surface area contributed by atoms with E-state index < -0.39 is 0 Å². The number of carbonyl (C=O) groups excluding carboxylic acids is 2. The van der Waals surface area contributed by atoms with Crippen LogP contribution in [0.5, 0.6) is 0 Å². The van der Waals surface area contributed by atoms with E-state index in [1.807, 2.05) is 0 Å². The zero-order valence-electron chi connectivity index (χ0n) is 8.06. The highest BCUT2D eigenvalue weighted by Crippen LogP contribution is 2.25. The molecule has 1 aromatic heterocycles. The van der Waals surface area contributed by atoms with Crippen LogP contribution < -0.4 is 0 Å². The van der Waals surface area contributed by atoms with Gasteiger partial charge in [-0.15, -0.1) is 0 Å². The lowest BCUT2D eigenvalue weighted by molar-refractivity contribution is -0.117. The molecule has 1 saturated carbocycles. The van der Waals surface area contributed by atoms with Crippen LogP contribution in [0.15, 0.2) is 12.5 Å². The number of rotatable bonds is 2. The average molecular weight is 192 g/mol. The van der Waals surface area contributed by atoms with E-state index in [-0.39, 0.29) is 17.5 Å². The fraction of sp³-hybridized carbons (Fsp3) is 0.500. The predicted octanol–water partition coefficient (Wildman–Crippen LogP) is 0.972. The van der Waals surface area contributed by atoms with Gasteiger partial charge in [0.1, 0.15) is 11.5 Å². The molecule has 4 heteroatoms. The van der Waals surface area contributed by atoms with E-state index in [0.29, 0.717) is 25.0 Å². The Labute approximate surface area is 81.9 Å². The minimum absolute atomic E-state index is 0.0517. The average Bonchev–Trinajstić information content (AvgIpc) is 2.73. The minimum Gasteiger partial charge on any atom is -0.331 e. The fourth-order valence-electron chi connectivity index (χ4n) is 1.84. The maximum Gasteiger partial charge on any atom is 0.184 e. The topological polar surface area (TPSA) is 52.0 Å². The first-order valence-electron chi connectivity index (χ1n) is 4.70. The molecule has 1 unspecified atom stereocenters. The van der Waals surface area contributed by atoms with Crippen molar-refractivity contribution >= 4 is 11.6 Å². The molecule has 0 amide bonds. The molecule has 1 aliphatic carbocycles. The van der Waals surface area contributed by atoms with E-state index in [0.717, 1.165) is 0 Å². The summed E-state index contributed by atoms with van der Waals surface area (Å²) >= 11 is 0. The Bertz CT molecular complexity index is 381. The zero-order chi connectivity index (χ0) is 10.1. The maximum atomic E-state index is 11.9. The Morgan fingerprint density at radius 3 is 2.93 bits per heavy atom. The summed E-state index contributed by atoms with van der Waals surface area (Å²) in [5, 5.41) is 0. The molecule has 0 aliphatic heterocycles. The van der Waals surface area contributed by atoms with Gasteiger partial charge >= 0.3 is 0 Å². The van der Waals surface area contributed by atoms with E-state index >= 15 is 0 Å². The third kappa shape index (κ3) is 1.47. The van der Waals surface area contributed by atoms with Crippen molar-refractivity contribution in [2.24, 2.45) is 13.0 Å². The lowest BCUT2D eigenvalue weighted by atomic mass is 10.0. The van der Waals surface area contributed by atoms with Crippen molar-refractivity contribution in [2.45, 2.75) is 19.3 Å². The highest BCUT2D eigenvalue weighted by molar-refractivity contribution is 6.00. The van der Waals surface area contributed by atoms with Gasteiger partial charge in [0.15, 0.2) is 5.78 Å². The molecule has 1 heterocycles. The number of imidazole rings is 1. The molecule has 1 atom stereocenters. The van der Waals surface area contributed by atoms with Crippen molar-refractivity contribution in [1.82, 2.24) is 9.55 Å². The summed E-state index contributed by atoms with van der Waals surface area (Å²) in [5.41, 5.74) is 0.602. The third-order valence-electron chi connectivity index (χ3n) is 2.69. The van der Waals surface area contributed by atoms with Crippen LogP contribution in [0.4, 0.5) is 0 Å². The van der Waals surface area contributed by atoms with Gasteiger partial charge in [0.2, 0.25) is 0 Å². The molecule has 1 aromatic rings. The van der Waals surface area contributed by atoms with Crippen LogP contribution in [0.1, 0.15) is 29.8 Å². The van der Waals surface area contributed by atoms with Gasteiger partial charge in [-0.3, -0.25) is 9.59 Å². The smallest absolute Gasteiger partial charge is 0.184 e. The van der Waals surface area contributed by atoms with Crippen LogP contribution in [0.3, 0.4) is 0 Å². The Morgan fingerprint density at radius 2 is 2.43 bits per heavy atom. The van der Waals surface area contributed by atoms with Crippen LogP contribution in [-0.2, 0) is 11.8 Å². The van der Waals surface area contributed by atoms with Crippen molar-refractivity contribution in [2.75, 3.05) is 0 Å². The Balaban J connectivity index is 2.17. The summed E-state index contributed by atoms with van der Waals surface area (Å²) in [7, 11) is 1.79. The van der Waals surface area contributed by atoms with Crippen molar-refractivity contribution in [3.05, 3.63) is 18.2 Å². The van der Waals surface area contributed by atoms with Gasteiger partial charge in [0, 0.05) is 25.8 Å². The molecule has 74 valence electrons. The molecular formula is C10H12N2O2. The number of nitrogens with zero attached hydrogens (tertiary/aromatic N) is 2. The number of hydrogen-bond acceptors (Lipinski definition) is 3. The minimum atomic E-state index is -0.113. The molecule has 2 rings (SSSR count). The fourth-order valence-corrected chi connectivity index (χ4v) is 1.84. The largest absolute Gasteiger partial charge is 0.331 e. The van der Waals surface area contributed by atoms with Gasteiger partial charge in [0.25, 0.3) is 0 Å². The van der Waals surface area contributed by atoms with E-state index in [1.165, 1.54) is 0 Å². The van der Waals surface area contributed by atoms with E-state index in [1.54, 1.807) is 24.1 Å². The number of aryl methyl sites for hydroxylation is 1. The second kappa shape index (κ2) is 3.36. The molecule has 1 fully saturated rings. The quantitative estimate of drug-likeness (QED) is 0.656. The molecule has 4 nitrogen and oxygen atoms in total. The highest BCUT2D eigenvalue weighted by Gasteiger charge is 2.29. The molecule has 14 heavy (non-hydrogen) atoms. The van der Waals surface area contributed by atoms with Crippen molar-refractivity contribution < 1.29 is 9.59 Å². The number of aromatic nitrogens is 2. The highest BCUT2D eigenvalue weighted by atomic mass is 16.1. The zero-order valence-corrected chi connectivity index (χ0v) is 8.06. The van der Waals surface area contributed by atoms with E-state index in [9.17, 15) is 9.59 Å². The first-order valence-corrected chi connectivity index (χ1v) is 4.70. The monoisotopic (exact) mass is 192 g/mol. The van der Waals surface area contributed by atoms with Gasteiger partial charge in [-0.25, -0.2) is 4.98 Å². The van der Waals surface area contributed by atoms with Crippen molar-refractivity contribution in [3.8, 4) is 0 Å². The normalized spacial score (nSPS) is 21.5. The standard InChI is InChI=1S/C10H12N2O2/c1-12-6-11-5-9(12)10(14)7-2-3-8(13)4-7/h5-7H,2-4H2,1H3. The summed E-state index contributed by atoms with van der Waals surface area (Å²) in [6.07, 6.45) is 4.82. The lowest BCUT2D eigenvalue weighted by Gasteiger charge is -2.06. The SMILES string of the molecule is Cn1cncc1C(=O)C1CCC(=O)C1. The second-order valence-corrected chi connectivity index (χ2v) is 3.73. The molecule has 0 radical (unpaired) electrons. The van der Waals surface area contributed by atoms with Crippen LogP contribution >= 0.6 is 0 Å². The lowest BCUT2D eigenvalue weighted by Crippen LogP contribution is -2.15. The molecular weight excluding hydrogens is 180 g/mol. The second-order valence-electron chi connectivity index (χ2n) is 3.73. The predicted molar refractivity (Wildman–Crippen MR) is 49.9 cm³/mol. The first kappa shape index (κ1) is 9.12. The summed E-state index contributed by atoms with van der Waals surface area (Å²) in [6.45, 7) is 0. The first-order chi connectivity index (χ1) is 6.68. The Kier molecular flexibility index (Phi) is 2.19. The summed E-state index contributed by atoms with van der Waals surface area (Å²) < 4.78 is 1.70. The molecule has 0 saturated heterocycles. The van der Waals surface area contributed by atoms with Crippen LogP contribution in [0.2, 0.25) is 0 Å². The summed E-state index contributed by atoms with van der Waals surface area (Å²) in [4.78, 5) is 26.8. The van der Waals surface area contributed by atoms with Crippen LogP contribution in [0.25, 0.3) is 0 Å². The summed E-state index contributed by atoms with van der Waals surface area (Å²) in [6, 6.07) is 0. The van der Waals surface area contributed by atoms with Gasteiger partial charge in [-0.05, 0) is 6.42 Å². The van der Waals surface area contributed by atoms with Gasteiger partial charge in [0.05, 0.1) is 12.5 Å². The van der Waals surface area contributed by atoms with Crippen molar-refractivity contribution in [3.63, 3.8) is 0 Å². The Hall–Kier alpha value is -1.45. The van der Waals surface area contributed by atoms with Crippen molar-refractivity contribution in [1.29, 1.82) is 0 Å². The third-order valence-corrected chi connectivity index (χ3v) is 2.69. The maximum absolute atomic E-state index is 11.9. The van der Waals surface area contributed by atoms with Gasteiger partial charge < -0.3 is 4.57 Å². The number of carbonyl (C=O) groups is 2. The molecule has 0 bridgehead atoms. The molecule has 1 aliphatic rings. The molecule has 0 aromatic carbocycles. The van der Waals surface area contributed by atoms with Gasteiger partial charge in [-0.1, -0.05) is 0 Å². The van der Waals surface area contributed by atoms with Crippen LogP contribution in [-0.4, -0.2) is 21.1 Å². The van der Waals surface area contributed by atoms with Gasteiger partial charge in [-0.2, -0.15) is 0 Å². The number of ketones is 2. The number of Topliss-reactive ketones (excluding diaryl/α,β-unsaturated/α-hetero) is 2. The Morgan fingerprint density at radius 1 is 1.64 bits per heavy atom. The number of hydrogen-bond donors (Lipinski definition) is 0. The van der Waals surface area contributed by atoms with E-state index in [4.69, 9.17) is 0 Å². The molecule has 0 spiro atoms.